The molecule has 1 nitrogen and oxygen atoms in total. The van der Waals surface area contributed by atoms with Crippen LogP contribution in [-0.2, 0) is 0 Å². The van der Waals surface area contributed by atoms with Crippen molar-refractivity contribution >= 4 is 23.1 Å². The van der Waals surface area contributed by atoms with Gasteiger partial charge in [0, 0.05) is 13.0 Å². The maximum atomic E-state index is 5.51. The highest BCUT2D eigenvalue weighted by molar-refractivity contribution is 7.06. The van der Waals surface area contributed by atoms with Gasteiger partial charge in [-0.15, -0.1) is 0 Å². The largest absolute Gasteiger partial charge is 0.180 e. The molecule has 0 amide bonds. The maximum Gasteiger partial charge on any atom is 0.144 e. The van der Waals surface area contributed by atoms with Crippen LogP contribution in [0, 0.1) is 18.8 Å². The van der Waals surface area contributed by atoms with E-state index in [-0.39, 0.29) is 0 Å². The maximum absolute atomic E-state index is 5.51. The third-order valence-electron chi connectivity index (χ3n) is 0.693. The van der Waals surface area contributed by atoms with E-state index in [0.29, 0.717) is 5.15 Å². The molecule has 0 spiro atoms. The van der Waals surface area contributed by atoms with Crippen LogP contribution >= 0.6 is 23.1 Å². The van der Waals surface area contributed by atoms with E-state index in [2.05, 4.69) is 23.1 Å². The first-order valence-electron chi connectivity index (χ1n) is 2.23. The molecular weight excluding hydrogens is 154 g/mol. The third kappa shape index (κ3) is 1.70. The van der Waals surface area contributed by atoms with E-state index in [1.54, 1.807) is 6.07 Å². The highest BCUT2D eigenvalue weighted by Crippen LogP contribution is 2.12. The molecule has 1 rings (SSSR count). The zero-order valence-corrected chi connectivity index (χ0v) is 6.09. The van der Waals surface area contributed by atoms with Crippen molar-refractivity contribution < 1.29 is 0 Å². The van der Waals surface area contributed by atoms with Gasteiger partial charge < -0.3 is 0 Å². The van der Waals surface area contributed by atoms with Crippen molar-refractivity contribution in [2.45, 2.75) is 0 Å². The molecular formula is C6H3ClNS. The number of nitrogens with zero attached hydrogens (tertiary/aromatic N) is 1. The zero-order chi connectivity index (χ0) is 6.69. The smallest absolute Gasteiger partial charge is 0.144 e. The van der Waals surface area contributed by atoms with E-state index in [9.17, 15) is 0 Å². The summed E-state index contributed by atoms with van der Waals surface area (Å²) in [6, 6.07) is 1.71. The van der Waals surface area contributed by atoms with Crippen LogP contribution in [0.4, 0.5) is 0 Å². The Morgan fingerprint density at radius 3 is 3.00 bits per heavy atom. The number of halogens is 1. The van der Waals surface area contributed by atoms with Crippen molar-refractivity contribution in [1.29, 1.82) is 0 Å². The van der Waals surface area contributed by atoms with Gasteiger partial charge in [-0.05, 0) is 11.5 Å². The number of rotatable bonds is 0. The summed E-state index contributed by atoms with van der Waals surface area (Å²) in [7, 11) is 0. The monoisotopic (exact) mass is 156 g/mol. The molecule has 0 aromatic carbocycles. The van der Waals surface area contributed by atoms with Crippen molar-refractivity contribution in [1.82, 2.24) is 4.37 Å². The van der Waals surface area contributed by atoms with Crippen molar-refractivity contribution in [3.8, 4) is 11.8 Å². The SMILES string of the molecule is [CH2]C#Cc1cc(Cl)ns1. The molecule has 1 aromatic rings. The number of aromatic nitrogens is 1. The normalized spacial score (nSPS) is 8.22. The molecule has 0 unspecified atom stereocenters. The lowest BCUT2D eigenvalue weighted by molar-refractivity contribution is 1.58. The van der Waals surface area contributed by atoms with Crippen molar-refractivity contribution in [2.24, 2.45) is 0 Å². The van der Waals surface area contributed by atoms with E-state index in [0.717, 1.165) is 4.88 Å². The summed E-state index contributed by atoms with van der Waals surface area (Å²) in [4.78, 5) is 0.856. The van der Waals surface area contributed by atoms with Crippen LogP contribution in [0.25, 0.3) is 0 Å². The van der Waals surface area contributed by atoms with Gasteiger partial charge in [-0.25, -0.2) is 0 Å². The Hall–Kier alpha value is -0.520. The Bertz CT molecular complexity index is 256. The predicted octanol–water partition coefficient (Wildman–Crippen LogP) is 1.98. The molecule has 1 aromatic heterocycles. The molecule has 1 radical (unpaired) electrons. The fraction of sp³-hybridized carbons (Fsp3) is 0. The first kappa shape index (κ1) is 6.60. The molecule has 1 heterocycles. The fourth-order valence-electron chi connectivity index (χ4n) is 0.400. The minimum absolute atomic E-state index is 0.498. The summed E-state index contributed by atoms with van der Waals surface area (Å²) in [6.45, 7) is 3.36. The lowest BCUT2D eigenvalue weighted by Gasteiger charge is -1.67. The zero-order valence-electron chi connectivity index (χ0n) is 4.52. The average Bonchev–Trinajstić information content (AvgIpc) is 2.17. The third-order valence-corrected chi connectivity index (χ3v) is 1.69. The van der Waals surface area contributed by atoms with Gasteiger partial charge >= 0.3 is 0 Å². The van der Waals surface area contributed by atoms with Crippen LogP contribution in [0.3, 0.4) is 0 Å². The summed E-state index contributed by atoms with van der Waals surface area (Å²) < 4.78 is 3.81. The average molecular weight is 157 g/mol. The number of hydrogen-bond donors (Lipinski definition) is 0. The van der Waals surface area contributed by atoms with E-state index in [1.807, 2.05) is 0 Å². The van der Waals surface area contributed by atoms with Crippen LogP contribution in [0.15, 0.2) is 6.07 Å². The Labute approximate surface area is 62.8 Å². The summed E-state index contributed by atoms with van der Waals surface area (Å²) in [5.74, 6) is 5.25. The summed E-state index contributed by atoms with van der Waals surface area (Å²) in [5.41, 5.74) is 0. The molecule has 0 aliphatic rings. The fourth-order valence-corrected chi connectivity index (χ4v) is 1.20. The predicted molar refractivity (Wildman–Crippen MR) is 39.4 cm³/mol. The van der Waals surface area contributed by atoms with Crippen LogP contribution < -0.4 is 0 Å². The first-order chi connectivity index (χ1) is 4.33. The second-order valence-electron chi connectivity index (χ2n) is 1.32. The Balaban J connectivity index is 2.93. The molecule has 0 aliphatic heterocycles. The van der Waals surface area contributed by atoms with E-state index >= 15 is 0 Å². The minimum atomic E-state index is 0.498. The molecule has 0 aliphatic carbocycles. The molecule has 45 valence electrons. The van der Waals surface area contributed by atoms with Crippen molar-refractivity contribution in [2.75, 3.05) is 0 Å². The quantitative estimate of drug-likeness (QED) is 0.524. The summed E-state index contributed by atoms with van der Waals surface area (Å²) in [6.07, 6.45) is 0. The molecule has 0 N–H and O–H groups in total. The van der Waals surface area contributed by atoms with Gasteiger partial charge in [0.2, 0.25) is 0 Å². The molecule has 0 atom stereocenters. The molecule has 3 heteroatoms. The van der Waals surface area contributed by atoms with E-state index < -0.39 is 0 Å². The van der Waals surface area contributed by atoms with Crippen LogP contribution in [0.1, 0.15) is 4.88 Å². The van der Waals surface area contributed by atoms with E-state index in [1.165, 1.54) is 11.5 Å². The van der Waals surface area contributed by atoms with Crippen LogP contribution in [0.5, 0.6) is 0 Å². The standard InChI is InChI=1S/C6H3ClNS/c1-2-3-5-4-6(7)8-9-5/h4H,1H2. The van der Waals surface area contributed by atoms with Gasteiger partial charge in [0.15, 0.2) is 0 Å². The molecule has 9 heavy (non-hydrogen) atoms. The first-order valence-corrected chi connectivity index (χ1v) is 3.38. The number of hydrogen-bond acceptors (Lipinski definition) is 2. The molecule has 0 fully saturated rings. The molecule has 0 saturated heterocycles. The lowest BCUT2D eigenvalue weighted by atomic mass is 10.5. The van der Waals surface area contributed by atoms with Gasteiger partial charge in [0.1, 0.15) is 5.15 Å². The van der Waals surface area contributed by atoms with Gasteiger partial charge in [-0.3, -0.25) is 0 Å². The Morgan fingerprint density at radius 2 is 2.56 bits per heavy atom. The summed E-state index contributed by atoms with van der Waals surface area (Å²) >= 11 is 6.79. The van der Waals surface area contributed by atoms with Crippen molar-refractivity contribution in [3.63, 3.8) is 0 Å². The van der Waals surface area contributed by atoms with E-state index in [4.69, 9.17) is 11.6 Å². The topological polar surface area (TPSA) is 12.9 Å². The summed E-state index contributed by atoms with van der Waals surface area (Å²) in [5, 5.41) is 0.498. The van der Waals surface area contributed by atoms with Gasteiger partial charge in [0.05, 0.1) is 4.88 Å². The minimum Gasteiger partial charge on any atom is -0.180 e. The van der Waals surface area contributed by atoms with Gasteiger partial charge in [-0.1, -0.05) is 23.4 Å². The Kier molecular flexibility index (Phi) is 2.10. The van der Waals surface area contributed by atoms with Crippen LogP contribution in [0.2, 0.25) is 5.15 Å². The Morgan fingerprint density at radius 1 is 1.78 bits per heavy atom. The molecule has 0 bridgehead atoms. The van der Waals surface area contributed by atoms with Gasteiger partial charge in [0.25, 0.3) is 0 Å². The second kappa shape index (κ2) is 2.86. The lowest BCUT2D eigenvalue weighted by Crippen LogP contribution is -1.55. The van der Waals surface area contributed by atoms with Gasteiger partial charge in [-0.2, -0.15) is 4.37 Å². The second-order valence-corrected chi connectivity index (χ2v) is 2.51. The van der Waals surface area contributed by atoms with Crippen molar-refractivity contribution in [3.05, 3.63) is 23.0 Å². The highest BCUT2D eigenvalue weighted by atomic mass is 35.5. The van der Waals surface area contributed by atoms with Crippen LogP contribution in [-0.4, -0.2) is 4.37 Å². The molecule has 0 saturated carbocycles. The highest BCUT2D eigenvalue weighted by Gasteiger charge is 1.92.